The Kier molecular flexibility index (Phi) is 7.19. The van der Waals surface area contributed by atoms with E-state index in [0.717, 1.165) is 24.0 Å². The predicted molar refractivity (Wildman–Crippen MR) is 101 cm³/mol. The molecule has 1 aliphatic rings. The first-order chi connectivity index (χ1) is 12.5. The van der Waals surface area contributed by atoms with E-state index in [1.54, 1.807) is 6.08 Å². The average Bonchev–Trinajstić information content (AvgIpc) is 2.87. The third kappa shape index (κ3) is 4.63. The summed E-state index contributed by atoms with van der Waals surface area (Å²) in [5.41, 5.74) is 6.51. The Morgan fingerprint density at radius 2 is 2.35 bits per heavy atom. The highest BCUT2D eigenvalue weighted by atomic mass is 35.5. The fraction of sp³-hybridized carbons (Fsp3) is 0.211. The molecule has 1 aromatic carbocycles. The lowest BCUT2D eigenvalue weighted by molar-refractivity contribution is -0.123. The second-order valence-electron chi connectivity index (χ2n) is 5.23. The molecule has 0 aliphatic carbocycles. The van der Waals surface area contributed by atoms with Crippen LogP contribution in [0.3, 0.4) is 0 Å². The summed E-state index contributed by atoms with van der Waals surface area (Å²) in [6.45, 7) is 2.00. The number of Topliss-reactive ketones (excluding diaryl/α,β-unsaturated/α-hetero) is 1. The van der Waals surface area contributed by atoms with Crippen molar-refractivity contribution in [2.24, 2.45) is 5.73 Å². The lowest BCUT2D eigenvalue weighted by Crippen LogP contribution is -2.13. The van der Waals surface area contributed by atoms with Gasteiger partial charge in [-0.1, -0.05) is 42.7 Å². The maximum atomic E-state index is 14.0. The lowest BCUT2D eigenvalue weighted by atomic mass is 10.1. The molecule has 0 amide bonds. The Balaban J connectivity index is 2.06. The zero-order valence-electron chi connectivity index (χ0n) is 14.0. The van der Waals surface area contributed by atoms with Gasteiger partial charge in [0.25, 0.3) is 0 Å². The number of benzene rings is 1. The van der Waals surface area contributed by atoms with Crippen molar-refractivity contribution in [2.75, 3.05) is 5.75 Å². The molecule has 0 saturated heterocycles. The molecule has 2 rings (SSSR count). The van der Waals surface area contributed by atoms with Gasteiger partial charge in [-0.2, -0.15) is 0 Å². The molecular weight excluding hydrogens is 377 g/mol. The first-order valence-electron chi connectivity index (χ1n) is 7.75. The average molecular weight is 394 g/mol. The van der Waals surface area contributed by atoms with Gasteiger partial charge >= 0.3 is 0 Å². The van der Waals surface area contributed by atoms with E-state index in [-0.39, 0.29) is 22.2 Å². The number of ketones is 1. The summed E-state index contributed by atoms with van der Waals surface area (Å²) in [4.78, 5) is 12.5. The summed E-state index contributed by atoms with van der Waals surface area (Å²) in [5, 5.41) is 0.0778. The molecule has 0 saturated carbocycles. The Morgan fingerprint density at radius 1 is 1.58 bits per heavy atom. The van der Waals surface area contributed by atoms with Crippen molar-refractivity contribution < 1.29 is 18.1 Å². The van der Waals surface area contributed by atoms with E-state index in [4.69, 9.17) is 32.7 Å². The monoisotopic (exact) mass is 393 g/mol. The summed E-state index contributed by atoms with van der Waals surface area (Å²) >= 11 is 6.97. The molecule has 0 bridgehead atoms. The van der Waals surface area contributed by atoms with Gasteiger partial charge in [-0.25, -0.2) is 4.39 Å². The van der Waals surface area contributed by atoms with Crippen LogP contribution in [0.4, 0.5) is 4.39 Å². The van der Waals surface area contributed by atoms with Crippen molar-refractivity contribution in [2.45, 2.75) is 19.4 Å². The van der Waals surface area contributed by atoms with E-state index in [0.29, 0.717) is 5.75 Å². The second kappa shape index (κ2) is 9.37. The summed E-state index contributed by atoms with van der Waals surface area (Å²) in [7, 11) is 0. The molecule has 2 N–H and O–H groups in total. The van der Waals surface area contributed by atoms with Crippen molar-refractivity contribution in [3.63, 3.8) is 0 Å². The maximum absolute atomic E-state index is 14.0. The van der Waals surface area contributed by atoms with Crippen molar-refractivity contribution >= 4 is 29.4 Å². The highest BCUT2D eigenvalue weighted by Gasteiger charge is 2.40. The first kappa shape index (κ1) is 20.0. The number of carbonyl (C=O) groups is 1. The summed E-state index contributed by atoms with van der Waals surface area (Å²) < 4.78 is 24.7. The van der Waals surface area contributed by atoms with Crippen LogP contribution in [0.1, 0.15) is 25.0 Å². The number of ether oxygens (including phenoxy) is 1. The third-order valence-electron chi connectivity index (χ3n) is 3.40. The van der Waals surface area contributed by atoms with Crippen LogP contribution >= 0.6 is 23.6 Å². The van der Waals surface area contributed by atoms with E-state index >= 15 is 0 Å². The molecule has 0 fully saturated rings. The largest absolute Gasteiger partial charge is 0.460 e. The minimum absolute atomic E-state index is 0.0653. The van der Waals surface area contributed by atoms with Gasteiger partial charge < -0.3 is 14.7 Å². The van der Waals surface area contributed by atoms with Crippen molar-refractivity contribution in [3.8, 4) is 12.3 Å². The van der Waals surface area contributed by atoms with Crippen LogP contribution in [-0.4, -0.2) is 11.5 Å². The molecule has 1 heterocycles. The summed E-state index contributed by atoms with van der Waals surface area (Å²) in [6, 6.07) is 4.10. The van der Waals surface area contributed by atoms with E-state index in [1.165, 1.54) is 18.2 Å². The Morgan fingerprint density at radius 3 is 3.00 bits per heavy atom. The quantitative estimate of drug-likeness (QED) is 0.421. The molecule has 1 aromatic rings. The van der Waals surface area contributed by atoms with Crippen LogP contribution in [0.5, 0.6) is 0 Å². The summed E-state index contributed by atoms with van der Waals surface area (Å²) in [6.07, 6.45) is 10.3. The van der Waals surface area contributed by atoms with Crippen LogP contribution in [0.25, 0.3) is 0 Å². The fourth-order valence-corrected chi connectivity index (χ4v) is 3.10. The van der Waals surface area contributed by atoms with Gasteiger partial charge in [0, 0.05) is 0 Å². The molecular formula is C19H17ClFNO3S. The number of nitrogens with two attached hydrogens (primary N) is 1. The SMILES string of the molecule is C#C/C=C(\C=C/CC)CSOC1=C(N)OC(c2c(F)cccc2Cl)C1=O. The number of halogens is 2. The molecule has 1 atom stereocenters. The van der Waals surface area contributed by atoms with E-state index < -0.39 is 17.7 Å². The van der Waals surface area contributed by atoms with Gasteiger partial charge in [-0.15, -0.1) is 6.42 Å². The van der Waals surface area contributed by atoms with E-state index in [9.17, 15) is 9.18 Å². The van der Waals surface area contributed by atoms with Crippen LogP contribution in [0.2, 0.25) is 5.02 Å². The van der Waals surface area contributed by atoms with Crippen molar-refractivity contribution in [1.29, 1.82) is 0 Å². The Labute approximate surface area is 161 Å². The number of hydrogen-bond acceptors (Lipinski definition) is 5. The third-order valence-corrected chi connectivity index (χ3v) is 4.46. The zero-order chi connectivity index (χ0) is 19.1. The topological polar surface area (TPSA) is 61.6 Å². The van der Waals surface area contributed by atoms with Gasteiger partial charge in [-0.3, -0.25) is 4.79 Å². The van der Waals surface area contributed by atoms with Crippen molar-refractivity contribution in [3.05, 3.63) is 70.0 Å². The molecule has 0 aromatic heterocycles. The van der Waals surface area contributed by atoms with Gasteiger partial charge in [-0.05, 0) is 30.2 Å². The normalized spacial score (nSPS) is 17.5. The molecule has 0 spiro atoms. The minimum Gasteiger partial charge on any atom is -0.460 e. The molecule has 7 heteroatoms. The molecule has 4 nitrogen and oxygen atoms in total. The number of carbonyl (C=O) groups excluding carboxylic acids is 1. The number of hydrogen-bond donors (Lipinski definition) is 1. The molecule has 1 unspecified atom stereocenters. The number of rotatable bonds is 7. The van der Waals surface area contributed by atoms with Crippen LogP contribution in [0, 0.1) is 18.2 Å². The Bertz CT molecular complexity index is 806. The number of terminal acetylenes is 1. The summed E-state index contributed by atoms with van der Waals surface area (Å²) in [5.74, 6) is 1.23. The van der Waals surface area contributed by atoms with Gasteiger partial charge in [0.1, 0.15) is 5.82 Å². The highest BCUT2D eigenvalue weighted by molar-refractivity contribution is 7.94. The van der Waals surface area contributed by atoms with Gasteiger partial charge in [0.2, 0.25) is 17.4 Å². The van der Waals surface area contributed by atoms with Crippen molar-refractivity contribution in [1.82, 2.24) is 0 Å². The van der Waals surface area contributed by atoms with E-state index in [1.807, 2.05) is 19.1 Å². The Hall–Kier alpha value is -2.36. The molecule has 136 valence electrons. The molecule has 1 aliphatic heterocycles. The maximum Gasteiger partial charge on any atom is 0.249 e. The minimum atomic E-state index is -1.26. The van der Waals surface area contributed by atoms with Gasteiger partial charge in [0.05, 0.1) is 28.4 Å². The van der Waals surface area contributed by atoms with Crippen LogP contribution in [-0.2, 0) is 13.7 Å². The molecule has 26 heavy (non-hydrogen) atoms. The lowest BCUT2D eigenvalue weighted by Gasteiger charge is -2.12. The first-order valence-corrected chi connectivity index (χ1v) is 9.04. The predicted octanol–water partition coefficient (Wildman–Crippen LogP) is 4.44. The standard InChI is InChI=1S/C19H17ClFNO3S/c1-3-5-8-12(7-4-2)11-26-25-18-16(23)17(24-19(18)22)15-13(20)9-6-10-14(15)21/h2,5-10,17H,3,11,22H2,1H3/b8-5-,12-7+. The zero-order valence-corrected chi connectivity index (χ0v) is 15.6. The van der Waals surface area contributed by atoms with Crippen LogP contribution < -0.4 is 5.73 Å². The van der Waals surface area contributed by atoms with Gasteiger partial charge in [0.15, 0.2) is 6.10 Å². The highest BCUT2D eigenvalue weighted by Crippen LogP contribution is 2.37. The van der Waals surface area contributed by atoms with Crippen LogP contribution in [0.15, 0.2) is 53.6 Å². The molecule has 0 radical (unpaired) electrons. The smallest absolute Gasteiger partial charge is 0.249 e. The second-order valence-corrected chi connectivity index (χ2v) is 6.33. The van der Waals surface area contributed by atoms with E-state index in [2.05, 4.69) is 5.92 Å². The fourth-order valence-electron chi connectivity index (χ4n) is 2.18. The number of allylic oxidation sites excluding steroid dienone is 3.